The first-order valence-corrected chi connectivity index (χ1v) is 15.0. The monoisotopic (exact) mass is 545 g/mol. The lowest BCUT2D eigenvalue weighted by atomic mass is 9.53. The van der Waals surface area contributed by atoms with Crippen LogP contribution < -0.4 is 15.8 Å². The van der Waals surface area contributed by atoms with Crippen molar-refractivity contribution in [2.75, 3.05) is 12.4 Å². The van der Waals surface area contributed by atoms with Crippen LogP contribution in [0, 0.1) is 30.1 Å². The lowest BCUT2D eigenvalue weighted by Gasteiger charge is -2.57. The molecule has 1 heterocycles. The molecular weight excluding hydrogens is 506 g/mol. The Labute approximate surface area is 237 Å². The maximum atomic E-state index is 13.3. The third-order valence-electron chi connectivity index (χ3n) is 9.93. The number of terminal acetylenes is 1. The van der Waals surface area contributed by atoms with Gasteiger partial charge in [0.25, 0.3) is 5.91 Å². The van der Waals surface area contributed by atoms with E-state index < -0.39 is 0 Å². The molecule has 4 saturated carbocycles. The van der Waals surface area contributed by atoms with Gasteiger partial charge in [0.1, 0.15) is 5.75 Å². The standard InChI is InChI=1S/C33H40ClN3O2/c1-4-6-28(35)30-16-24-14-25(39-3)8-9-26(24)32(37(30)31(38)5-2)23-7-10-29(27(34)15-23)36-33-17-20-11-21(18-33)13-22(12-20)19-33/h2,7-10,14-15,20-22,28,30,32,36H,4,6,11-13,16-19,35H2,1,3H3/t20?,21?,22?,28?,30-,32+,33?/m1/s1. The molecule has 4 fully saturated rings. The zero-order valence-corrected chi connectivity index (χ0v) is 23.8. The maximum absolute atomic E-state index is 13.3. The second-order valence-electron chi connectivity index (χ2n) is 12.6. The van der Waals surface area contributed by atoms with Crippen molar-refractivity contribution in [3.8, 4) is 18.1 Å². The number of hydrogen-bond donors (Lipinski definition) is 2. The number of carbonyl (C=O) groups is 1. The van der Waals surface area contributed by atoms with E-state index in [9.17, 15) is 4.79 Å². The molecule has 3 atom stereocenters. The van der Waals surface area contributed by atoms with Crippen LogP contribution in [0.25, 0.3) is 0 Å². The number of rotatable bonds is 7. The first-order chi connectivity index (χ1) is 18.8. The summed E-state index contributed by atoms with van der Waals surface area (Å²) < 4.78 is 5.54. The number of carbonyl (C=O) groups excluding carboxylic acids is 1. The van der Waals surface area contributed by atoms with E-state index in [0.717, 1.165) is 58.7 Å². The van der Waals surface area contributed by atoms with E-state index in [1.807, 2.05) is 23.1 Å². The van der Waals surface area contributed by atoms with E-state index in [1.165, 1.54) is 38.5 Å². The molecule has 1 amide bonds. The number of halogens is 1. The first-order valence-electron chi connectivity index (χ1n) is 14.6. The maximum Gasteiger partial charge on any atom is 0.299 e. The molecule has 206 valence electrons. The number of benzene rings is 2. The van der Waals surface area contributed by atoms with Gasteiger partial charge in [-0.2, -0.15) is 0 Å². The Hall–Kier alpha value is -2.68. The third-order valence-corrected chi connectivity index (χ3v) is 10.2. The summed E-state index contributed by atoms with van der Waals surface area (Å²) in [5.74, 6) is 5.39. The molecular formula is C33H40ClN3O2. The molecule has 5 nitrogen and oxygen atoms in total. The van der Waals surface area contributed by atoms with Crippen LogP contribution in [0.1, 0.15) is 81.0 Å². The quantitative estimate of drug-likeness (QED) is 0.399. The molecule has 0 spiro atoms. The van der Waals surface area contributed by atoms with Crippen LogP contribution in [-0.4, -0.2) is 35.5 Å². The van der Waals surface area contributed by atoms with E-state index in [4.69, 9.17) is 28.5 Å². The number of anilines is 1. The van der Waals surface area contributed by atoms with Gasteiger partial charge in [-0.3, -0.25) is 4.79 Å². The van der Waals surface area contributed by atoms with Crippen LogP contribution >= 0.6 is 11.6 Å². The van der Waals surface area contributed by atoms with Crippen LogP contribution in [0.3, 0.4) is 0 Å². The predicted octanol–water partition coefficient (Wildman–Crippen LogP) is 6.33. The average Bonchev–Trinajstić information content (AvgIpc) is 2.91. The summed E-state index contributed by atoms with van der Waals surface area (Å²) in [6, 6.07) is 11.5. The summed E-state index contributed by atoms with van der Waals surface area (Å²) in [5.41, 5.74) is 11.0. The Morgan fingerprint density at radius 1 is 1.18 bits per heavy atom. The highest BCUT2D eigenvalue weighted by Gasteiger charge is 2.51. The van der Waals surface area contributed by atoms with Gasteiger partial charge >= 0.3 is 0 Å². The summed E-state index contributed by atoms with van der Waals surface area (Å²) in [4.78, 5) is 15.2. The second-order valence-corrected chi connectivity index (χ2v) is 13.0. The van der Waals surface area contributed by atoms with Crippen molar-refractivity contribution in [1.29, 1.82) is 0 Å². The van der Waals surface area contributed by atoms with Crippen molar-refractivity contribution in [3.63, 3.8) is 0 Å². The van der Waals surface area contributed by atoms with E-state index >= 15 is 0 Å². The summed E-state index contributed by atoms with van der Waals surface area (Å²) in [5, 5.41) is 4.61. The molecule has 1 unspecified atom stereocenters. The molecule has 4 bridgehead atoms. The molecule has 1 aliphatic heterocycles. The summed E-state index contributed by atoms with van der Waals surface area (Å²) in [6.07, 6.45) is 16.0. The highest BCUT2D eigenvalue weighted by atomic mass is 35.5. The minimum absolute atomic E-state index is 0.164. The minimum atomic E-state index is -0.373. The normalized spacial score (nSPS) is 31.4. The van der Waals surface area contributed by atoms with Gasteiger partial charge in [0.2, 0.25) is 0 Å². The number of amides is 1. The lowest BCUT2D eigenvalue weighted by Crippen LogP contribution is -2.55. The molecule has 2 aromatic carbocycles. The lowest BCUT2D eigenvalue weighted by molar-refractivity contribution is -0.130. The third kappa shape index (κ3) is 4.81. The summed E-state index contributed by atoms with van der Waals surface area (Å²) in [6.45, 7) is 2.11. The van der Waals surface area contributed by atoms with Gasteiger partial charge in [0.15, 0.2) is 0 Å². The summed E-state index contributed by atoms with van der Waals surface area (Å²) in [7, 11) is 1.67. The summed E-state index contributed by atoms with van der Waals surface area (Å²) >= 11 is 7.02. The molecule has 39 heavy (non-hydrogen) atoms. The number of ether oxygens (including phenoxy) is 1. The van der Waals surface area contributed by atoms with Crippen LogP contribution in [0.2, 0.25) is 5.02 Å². The Bertz CT molecular complexity index is 1270. The second kappa shape index (κ2) is 10.4. The van der Waals surface area contributed by atoms with Crippen LogP contribution in [0.4, 0.5) is 5.69 Å². The van der Waals surface area contributed by atoms with E-state index in [1.54, 1.807) is 7.11 Å². The largest absolute Gasteiger partial charge is 0.497 e. The first kappa shape index (κ1) is 26.5. The van der Waals surface area contributed by atoms with Gasteiger partial charge in [-0.05, 0) is 116 Å². The zero-order chi connectivity index (χ0) is 27.3. The van der Waals surface area contributed by atoms with E-state index in [-0.39, 0.29) is 29.6 Å². The van der Waals surface area contributed by atoms with Gasteiger partial charge in [0, 0.05) is 11.6 Å². The predicted molar refractivity (Wildman–Crippen MR) is 157 cm³/mol. The molecule has 5 aliphatic rings. The number of methoxy groups -OCH3 is 1. The topological polar surface area (TPSA) is 67.6 Å². The molecule has 6 heteroatoms. The fraction of sp³-hybridized carbons (Fsp3) is 0.545. The van der Waals surface area contributed by atoms with Crippen molar-refractivity contribution in [2.45, 2.75) is 88.4 Å². The molecule has 2 aromatic rings. The SMILES string of the molecule is C#CC(=O)N1[C@@H](c2ccc(NC34CC5CC(CC(C5)C3)C4)c(Cl)c2)c2ccc(OC)cc2C[C@@H]1C(N)CCC. The Morgan fingerprint density at radius 3 is 2.46 bits per heavy atom. The van der Waals surface area contributed by atoms with E-state index in [2.05, 4.69) is 36.4 Å². The molecule has 4 aliphatic carbocycles. The van der Waals surface area contributed by atoms with Gasteiger partial charge in [-0.25, -0.2) is 0 Å². The Balaban J connectivity index is 1.37. The van der Waals surface area contributed by atoms with Gasteiger partial charge in [0.05, 0.1) is 29.9 Å². The van der Waals surface area contributed by atoms with Crippen LogP contribution in [0.5, 0.6) is 5.75 Å². The fourth-order valence-electron chi connectivity index (χ4n) is 8.74. The van der Waals surface area contributed by atoms with Gasteiger partial charge in [-0.15, -0.1) is 6.42 Å². The van der Waals surface area contributed by atoms with Crippen molar-refractivity contribution < 1.29 is 9.53 Å². The highest BCUT2D eigenvalue weighted by Crippen LogP contribution is 2.57. The van der Waals surface area contributed by atoms with Crippen molar-refractivity contribution in [3.05, 3.63) is 58.1 Å². The zero-order valence-electron chi connectivity index (χ0n) is 23.1. The smallest absolute Gasteiger partial charge is 0.299 e. The number of fused-ring (bicyclic) bond motifs is 1. The average molecular weight is 546 g/mol. The van der Waals surface area contributed by atoms with E-state index in [0.29, 0.717) is 11.4 Å². The van der Waals surface area contributed by atoms with Crippen molar-refractivity contribution in [1.82, 2.24) is 4.90 Å². The molecule has 0 saturated heterocycles. The number of nitrogens with zero attached hydrogens (tertiary/aromatic N) is 1. The fourth-order valence-corrected chi connectivity index (χ4v) is 8.97. The number of nitrogens with one attached hydrogen (secondary N) is 1. The highest BCUT2D eigenvalue weighted by molar-refractivity contribution is 6.33. The Kier molecular flexibility index (Phi) is 7.06. The number of nitrogens with two attached hydrogens (primary N) is 1. The molecule has 3 N–H and O–H groups in total. The number of hydrogen-bond acceptors (Lipinski definition) is 4. The van der Waals surface area contributed by atoms with Gasteiger partial charge in [-0.1, -0.05) is 37.1 Å². The molecule has 0 radical (unpaired) electrons. The van der Waals surface area contributed by atoms with Crippen LogP contribution in [-0.2, 0) is 11.2 Å². The van der Waals surface area contributed by atoms with Gasteiger partial charge < -0.3 is 20.7 Å². The van der Waals surface area contributed by atoms with Crippen molar-refractivity contribution in [2.24, 2.45) is 23.5 Å². The van der Waals surface area contributed by atoms with Crippen LogP contribution in [0.15, 0.2) is 36.4 Å². The molecule has 7 rings (SSSR count). The van der Waals surface area contributed by atoms with Crippen molar-refractivity contribution >= 4 is 23.2 Å². The minimum Gasteiger partial charge on any atom is -0.497 e. The molecule has 0 aromatic heterocycles. The Morgan fingerprint density at radius 2 is 1.87 bits per heavy atom.